The van der Waals surface area contributed by atoms with Gasteiger partial charge in [-0.05, 0) is 45.1 Å². The van der Waals surface area contributed by atoms with Gasteiger partial charge in [-0.15, -0.1) is 11.6 Å². The van der Waals surface area contributed by atoms with Crippen LogP contribution in [0.25, 0.3) is 11.0 Å². The van der Waals surface area contributed by atoms with Crippen molar-refractivity contribution in [1.82, 2.24) is 14.5 Å². The first-order valence-corrected chi connectivity index (χ1v) is 7.37. The topological polar surface area (TPSA) is 21.1 Å². The number of hydrogen-bond donors (Lipinski definition) is 0. The zero-order valence-electron chi connectivity index (χ0n) is 11.1. The third kappa shape index (κ3) is 2.35. The summed E-state index contributed by atoms with van der Waals surface area (Å²) >= 11 is 12.4. The summed E-state index contributed by atoms with van der Waals surface area (Å²) in [5, 5.41) is 0.644. The zero-order valence-corrected chi connectivity index (χ0v) is 12.6. The molecule has 1 fully saturated rings. The lowest BCUT2D eigenvalue weighted by atomic mass is 10.2. The van der Waals surface area contributed by atoms with Crippen molar-refractivity contribution < 1.29 is 0 Å². The molecular weight excluding hydrogens is 281 g/mol. The molecule has 0 amide bonds. The van der Waals surface area contributed by atoms with Gasteiger partial charge < -0.3 is 9.47 Å². The number of alkyl halides is 1. The van der Waals surface area contributed by atoms with Crippen LogP contribution in [0.5, 0.6) is 0 Å². The Morgan fingerprint density at radius 2 is 2.21 bits per heavy atom. The lowest BCUT2D eigenvalue weighted by Crippen LogP contribution is -2.18. The molecule has 2 heterocycles. The fourth-order valence-corrected chi connectivity index (χ4v) is 3.19. The minimum absolute atomic E-state index is 0.0999. The summed E-state index contributed by atoms with van der Waals surface area (Å²) in [4.78, 5) is 7.01. The van der Waals surface area contributed by atoms with E-state index >= 15 is 0 Å². The van der Waals surface area contributed by atoms with Crippen molar-refractivity contribution in [3.63, 3.8) is 0 Å². The number of aromatic nitrogens is 2. The first kappa shape index (κ1) is 13.2. The summed E-state index contributed by atoms with van der Waals surface area (Å²) in [6.07, 6.45) is 1.13. The van der Waals surface area contributed by atoms with Crippen molar-refractivity contribution >= 4 is 34.2 Å². The van der Waals surface area contributed by atoms with E-state index in [1.165, 1.54) is 0 Å². The van der Waals surface area contributed by atoms with Crippen LogP contribution in [-0.4, -0.2) is 34.6 Å². The SMILES string of the molecule is CC(Cl)c1nc2ccc(Cl)cc2n1C1CCN(C)C1. The quantitative estimate of drug-likeness (QED) is 0.785. The Balaban J connectivity index is 2.18. The van der Waals surface area contributed by atoms with Crippen molar-refractivity contribution in [3.05, 3.63) is 29.0 Å². The van der Waals surface area contributed by atoms with Gasteiger partial charge in [0.25, 0.3) is 0 Å². The largest absolute Gasteiger partial charge is 0.322 e. The van der Waals surface area contributed by atoms with Crippen molar-refractivity contribution in [1.29, 1.82) is 0 Å². The highest BCUT2D eigenvalue weighted by molar-refractivity contribution is 6.31. The smallest absolute Gasteiger partial charge is 0.128 e. The molecular formula is C14H17Cl2N3. The van der Waals surface area contributed by atoms with Gasteiger partial charge in [-0.25, -0.2) is 4.98 Å². The molecule has 1 aromatic carbocycles. The Hall–Kier alpha value is -0.770. The summed E-state index contributed by atoms with van der Waals surface area (Å²) in [6, 6.07) is 6.27. The molecule has 0 saturated carbocycles. The molecule has 1 saturated heterocycles. The maximum absolute atomic E-state index is 6.30. The Kier molecular flexibility index (Phi) is 3.46. The predicted octanol–water partition coefficient (Wildman–Crippen LogP) is 3.87. The molecule has 19 heavy (non-hydrogen) atoms. The first-order valence-electron chi connectivity index (χ1n) is 6.56. The van der Waals surface area contributed by atoms with E-state index in [4.69, 9.17) is 23.2 Å². The van der Waals surface area contributed by atoms with E-state index in [9.17, 15) is 0 Å². The molecule has 5 heteroatoms. The lowest BCUT2D eigenvalue weighted by molar-refractivity contribution is 0.392. The minimum atomic E-state index is -0.0999. The third-order valence-electron chi connectivity index (χ3n) is 3.77. The number of rotatable bonds is 2. The normalized spacial score (nSPS) is 22.2. The second-order valence-corrected chi connectivity index (χ2v) is 6.38. The predicted molar refractivity (Wildman–Crippen MR) is 80.2 cm³/mol. The number of imidazole rings is 1. The van der Waals surface area contributed by atoms with Gasteiger partial charge in [0.05, 0.1) is 16.4 Å². The van der Waals surface area contributed by atoms with Crippen LogP contribution in [-0.2, 0) is 0 Å². The van der Waals surface area contributed by atoms with Gasteiger partial charge >= 0.3 is 0 Å². The Morgan fingerprint density at radius 1 is 1.42 bits per heavy atom. The molecule has 0 N–H and O–H groups in total. The summed E-state index contributed by atoms with van der Waals surface area (Å²) in [5.74, 6) is 0.944. The highest BCUT2D eigenvalue weighted by Crippen LogP contribution is 2.32. The maximum Gasteiger partial charge on any atom is 0.128 e. The van der Waals surface area contributed by atoms with E-state index in [1.807, 2.05) is 25.1 Å². The Morgan fingerprint density at radius 3 is 2.84 bits per heavy atom. The van der Waals surface area contributed by atoms with Gasteiger partial charge in [0, 0.05) is 17.6 Å². The van der Waals surface area contributed by atoms with Crippen LogP contribution in [0.4, 0.5) is 0 Å². The number of fused-ring (bicyclic) bond motifs is 1. The monoisotopic (exact) mass is 297 g/mol. The summed E-state index contributed by atoms with van der Waals surface area (Å²) in [5.41, 5.74) is 2.07. The molecule has 1 aromatic heterocycles. The molecule has 3 nitrogen and oxygen atoms in total. The fraction of sp³-hybridized carbons (Fsp3) is 0.500. The maximum atomic E-state index is 6.30. The van der Waals surface area contributed by atoms with Gasteiger partial charge in [-0.1, -0.05) is 11.6 Å². The standard InChI is InChI=1S/C14H17Cl2N3/c1-9(15)14-17-12-4-3-10(16)7-13(12)19(14)11-5-6-18(2)8-11/h3-4,7,9,11H,5-6,8H2,1-2H3. The van der Waals surface area contributed by atoms with E-state index in [-0.39, 0.29) is 5.38 Å². The molecule has 1 aliphatic heterocycles. The van der Waals surface area contributed by atoms with Crippen LogP contribution in [0, 0.1) is 0 Å². The average molecular weight is 298 g/mol. The second kappa shape index (κ2) is 4.97. The Bertz CT molecular complexity index is 606. The van der Waals surface area contributed by atoms with E-state index in [0.717, 1.165) is 41.4 Å². The molecule has 2 aromatic rings. The molecule has 102 valence electrons. The van der Waals surface area contributed by atoms with Crippen molar-refractivity contribution in [2.75, 3.05) is 20.1 Å². The molecule has 2 atom stereocenters. The number of likely N-dealkylation sites (N-methyl/N-ethyl adjacent to an activating group) is 1. The molecule has 1 aliphatic rings. The highest BCUT2D eigenvalue weighted by atomic mass is 35.5. The number of likely N-dealkylation sites (tertiary alicyclic amines) is 1. The van der Waals surface area contributed by atoms with E-state index in [0.29, 0.717) is 6.04 Å². The van der Waals surface area contributed by atoms with Crippen LogP contribution in [0.1, 0.15) is 30.6 Å². The van der Waals surface area contributed by atoms with Gasteiger partial charge in [0.1, 0.15) is 5.82 Å². The van der Waals surface area contributed by atoms with Crippen LogP contribution >= 0.6 is 23.2 Å². The van der Waals surface area contributed by atoms with Gasteiger partial charge in [-0.2, -0.15) is 0 Å². The van der Waals surface area contributed by atoms with Crippen LogP contribution in [0.3, 0.4) is 0 Å². The number of nitrogens with zero attached hydrogens (tertiary/aromatic N) is 3. The van der Waals surface area contributed by atoms with Gasteiger partial charge in [0.2, 0.25) is 0 Å². The Labute approximate surface area is 123 Å². The molecule has 0 bridgehead atoms. The van der Waals surface area contributed by atoms with Crippen LogP contribution in [0.15, 0.2) is 18.2 Å². The zero-order chi connectivity index (χ0) is 13.6. The summed E-state index contributed by atoms with van der Waals surface area (Å²) < 4.78 is 2.28. The lowest BCUT2D eigenvalue weighted by Gasteiger charge is -2.18. The first-order chi connectivity index (χ1) is 9.06. The van der Waals surface area contributed by atoms with E-state index < -0.39 is 0 Å². The van der Waals surface area contributed by atoms with Crippen LogP contribution < -0.4 is 0 Å². The van der Waals surface area contributed by atoms with E-state index in [1.54, 1.807) is 0 Å². The van der Waals surface area contributed by atoms with E-state index in [2.05, 4.69) is 21.5 Å². The fourth-order valence-electron chi connectivity index (χ4n) is 2.87. The number of benzene rings is 1. The number of hydrogen-bond acceptors (Lipinski definition) is 2. The summed E-state index contributed by atoms with van der Waals surface area (Å²) in [6.45, 7) is 4.12. The third-order valence-corrected chi connectivity index (χ3v) is 4.20. The molecule has 0 aliphatic carbocycles. The molecule has 0 spiro atoms. The second-order valence-electron chi connectivity index (χ2n) is 5.29. The highest BCUT2D eigenvalue weighted by Gasteiger charge is 2.26. The average Bonchev–Trinajstić information content (AvgIpc) is 2.92. The number of halogens is 2. The van der Waals surface area contributed by atoms with Crippen molar-refractivity contribution in [2.45, 2.75) is 24.8 Å². The molecule has 2 unspecified atom stereocenters. The van der Waals surface area contributed by atoms with Gasteiger partial charge in [0.15, 0.2) is 0 Å². The summed E-state index contributed by atoms with van der Waals surface area (Å²) in [7, 11) is 2.15. The van der Waals surface area contributed by atoms with Crippen molar-refractivity contribution in [2.24, 2.45) is 0 Å². The van der Waals surface area contributed by atoms with Crippen LogP contribution in [0.2, 0.25) is 5.02 Å². The molecule has 0 radical (unpaired) electrons. The minimum Gasteiger partial charge on any atom is -0.322 e. The van der Waals surface area contributed by atoms with Gasteiger partial charge in [-0.3, -0.25) is 0 Å². The van der Waals surface area contributed by atoms with Crippen molar-refractivity contribution in [3.8, 4) is 0 Å². The molecule has 3 rings (SSSR count).